The summed E-state index contributed by atoms with van der Waals surface area (Å²) < 4.78 is 14.1. The van der Waals surface area contributed by atoms with Crippen molar-refractivity contribution in [3.8, 4) is 0 Å². The second kappa shape index (κ2) is 9.58. The van der Waals surface area contributed by atoms with E-state index in [1.54, 1.807) is 21.9 Å². The Hall–Kier alpha value is -3.20. The van der Waals surface area contributed by atoms with E-state index in [1.165, 1.54) is 17.8 Å². The minimum atomic E-state index is -0.404. The van der Waals surface area contributed by atoms with E-state index in [1.807, 2.05) is 42.2 Å². The van der Waals surface area contributed by atoms with Gasteiger partial charge in [-0.2, -0.15) is 0 Å². The Balaban J connectivity index is 1.26. The molecule has 0 unspecified atom stereocenters. The Morgan fingerprint density at radius 3 is 2.59 bits per heavy atom. The highest BCUT2D eigenvalue weighted by atomic mass is 32.2. The molecular formula is C25H26FN5O2S. The van der Waals surface area contributed by atoms with Crippen LogP contribution in [0.3, 0.4) is 0 Å². The maximum absolute atomic E-state index is 14.1. The zero-order valence-corrected chi connectivity index (χ0v) is 19.8. The monoisotopic (exact) mass is 479 g/mol. The van der Waals surface area contributed by atoms with Crippen LogP contribution in [0.15, 0.2) is 58.5 Å². The number of thioether (sulfide) groups is 1. The fraction of sp³-hybridized carbons (Fsp3) is 0.360. The highest BCUT2D eigenvalue weighted by Crippen LogP contribution is 2.34. The molecule has 0 radical (unpaired) electrons. The Bertz CT molecular complexity index is 1180. The minimum absolute atomic E-state index is 0.0185. The van der Waals surface area contributed by atoms with Gasteiger partial charge in [0.05, 0.1) is 17.1 Å². The molecule has 0 saturated carbocycles. The summed E-state index contributed by atoms with van der Waals surface area (Å²) in [7, 11) is 0. The molecule has 0 spiro atoms. The zero-order chi connectivity index (χ0) is 23.7. The van der Waals surface area contributed by atoms with Crippen LogP contribution in [0.4, 0.5) is 15.8 Å². The third-order valence-corrected chi connectivity index (χ3v) is 7.18. The van der Waals surface area contributed by atoms with Crippen LogP contribution in [0.2, 0.25) is 0 Å². The average Bonchev–Trinajstić information content (AvgIpc) is 3.19. The van der Waals surface area contributed by atoms with Crippen LogP contribution in [-0.2, 0) is 9.59 Å². The van der Waals surface area contributed by atoms with Gasteiger partial charge < -0.3 is 9.80 Å². The van der Waals surface area contributed by atoms with Crippen molar-refractivity contribution in [2.75, 3.05) is 36.8 Å². The number of hydrogen-bond donors (Lipinski definition) is 0. The smallest absolute Gasteiger partial charge is 0.259 e. The summed E-state index contributed by atoms with van der Waals surface area (Å²) in [6.45, 7) is 4.23. The first kappa shape index (κ1) is 22.6. The number of amides is 2. The zero-order valence-electron chi connectivity index (χ0n) is 19.0. The number of aliphatic imine (C=N–C) groups is 2. The van der Waals surface area contributed by atoms with Gasteiger partial charge in [0.15, 0.2) is 5.17 Å². The number of anilines is 1. The summed E-state index contributed by atoms with van der Waals surface area (Å²) in [5, 5.41) is 0.499. The molecule has 3 heterocycles. The minimum Gasteiger partial charge on any atom is -0.366 e. The number of amidine groups is 2. The van der Waals surface area contributed by atoms with Crippen molar-refractivity contribution < 1.29 is 14.0 Å². The average molecular weight is 480 g/mol. The quantitative estimate of drug-likeness (QED) is 0.656. The second-order valence-corrected chi connectivity index (χ2v) is 9.39. The van der Waals surface area contributed by atoms with Crippen molar-refractivity contribution in [1.82, 2.24) is 9.80 Å². The predicted molar refractivity (Wildman–Crippen MR) is 133 cm³/mol. The van der Waals surface area contributed by atoms with Gasteiger partial charge in [0.1, 0.15) is 17.7 Å². The molecule has 1 saturated heterocycles. The van der Waals surface area contributed by atoms with Crippen molar-refractivity contribution in [2.24, 2.45) is 9.98 Å². The van der Waals surface area contributed by atoms with Gasteiger partial charge in [0.2, 0.25) is 5.91 Å². The van der Waals surface area contributed by atoms with Gasteiger partial charge >= 0.3 is 0 Å². The fourth-order valence-corrected chi connectivity index (χ4v) is 5.39. The summed E-state index contributed by atoms with van der Waals surface area (Å²) in [5.41, 5.74) is 2.17. The lowest BCUT2D eigenvalue weighted by atomic mass is 10.1. The number of halogens is 1. The van der Waals surface area contributed by atoms with Crippen molar-refractivity contribution in [2.45, 2.75) is 25.8 Å². The van der Waals surface area contributed by atoms with E-state index < -0.39 is 6.04 Å². The molecule has 34 heavy (non-hydrogen) atoms. The fourth-order valence-electron chi connectivity index (χ4n) is 4.48. The largest absolute Gasteiger partial charge is 0.366 e. The standard InChI is InChI=1S/C25H26FN5O2S/c1-2-7-20-24(33)31-23(27-20)17-8-3-5-10-19(17)28-25(31)34-16-22(32)30-14-12-29(13-15-30)21-11-6-4-9-18(21)26/h3-6,8-11,20H,2,7,12-16H2,1H3/t20-/m1/s1. The van der Waals surface area contributed by atoms with E-state index in [2.05, 4.69) is 0 Å². The molecule has 0 aliphatic carbocycles. The van der Waals surface area contributed by atoms with E-state index in [9.17, 15) is 14.0 Å². The van der Waals surface area contributed by atoms with Gasteiger partial charge in [-0.3, -0.25) is 14.6 Å². The number of carbonyl (C=O) groups is 2. The first-order chi connectivity index (χ1) is 16.6. The molecule has 176 valence electrons. The van der Waals surface area contributed by atoms with Gasteiger partial charge in [0, 0.05) is 31.7 Å². The maximum atomic E-state index is 14.1. The summed E-state index contributed by atoms with van der Waals surface area (Å²) in [4.78, 5) is 40.8. The van der Waals surface area contributed by atoms with Gasteiger partial charge in [0.25, 0.3) is 5.91 Å². The van der Waals surface area contributed by atoms with E-state index in [0.29, 0.717) is 49.3 Å². The summed E-state index contributed by atoms with van der Waals surface area (Å²) in [6.07, 6.45) is 1.55. The summed E-state index contributed by atoms with van der Waals surface area (Å²) in [5.74, 6) is 0.458. The summed E-state index contributed by atoms with van der Waals surface area (Å²) in [6, 6.07) is 13.9. The van der Waals surface area contributed by atoms with E-state index >= 15 is 0 Å². The highest BCUT2D eigenvalue weighted by molar-refractivity contribution is 8.14. The molecular weight excluding hydrogens is 453 g/mol. The van der Waals surface area contributed by atoms with E-state index in [4.69, 9.17) is 9.98 Å². The van der Waals surface area contributed by atoms with Gasteiger partial charge in [-0.05, 0) is 30.7 Å². The maximum Gasteiger partial charge on any atom is 0.259 e. The first-order valence-electron chi connectivity index (χ1n) is 11.6. The summed E-state index contributed by atoms with van der Waals surface area (Å²) >= 11 is 1.27. The lowest BCUT2D eigenvalue weighted by molar-refractivity contribution is -0.128. The molecule has 0 aromatic heterocycles. The third kappa shape index (κ3) is 4.20. The Kier molecular flexibility index (Phi) is 6.36. The number of piperazine rings is 1. The molecule has 3 aliphatic heterocycles. The molecule has 7 nitrogen and oxygen atoms in total. The Morgan fingerprint density at radius 1 is 1.09 bits per heavy atom. The third-order valence-electron chi connectivity index (χ3n) is 6.26. The number of hydrogen-bond acceptors (Lipinski definition) is 6. The Morgan fingerprint density at radius 2 is 1.82 bits per heavy atom. The SMILES string of the molecule is CCC[C@H]1N=C2c3ccccc3N=C(SCC(=O)N3CCN(c4ccccc4F)CC3)N2C1=O. The van der Waals surface area contributed by atoms with Crippen LogP contribution < -0.4 is 4.90 Å². The lowest BCUT2D eigenvalue weighted by Gasteiger charge is -2.36. The molecule has 2 amide bonds. The molecule has 1 atom stereocenters. The highest BCUT2D eigenvalue weighted by Gasteiger charge is 2.41. The van der Waals surface area contributed by atoms with Crippen molar-refractivity contribution in [3.63, 3.8) is 0 Å². The van der Waals surface area contributed by atoms with Crippen LogP contribution in [0.5, 0.6) is 0 Å². The van der Waals surface area contributed by atoms with E-state index in [0.717, 1.165) is 17.7 Å². The number of benzene rings is 2. The number of nitrogens with zero attached hydrogens (tertiary/aromatic N) is 5. The normalized spacial score (nSPS) is 19.5. The van der Waals surface area contributed by atoms with Crippen LogP contribution in [0.25, 0.3) is 0 Å². The van der Waals surface area contributed by atoms with Crippen molar-refractivity contribution in [3.05, 3.63) is 59.9 Å². The molecule has 1 fully saturated rings. The number of rotatable bonds is 5. The van der Waals surface area contributed by atoms with Gasteiger partial charge in [-0.15, -0.1) is 0 Å². The number of fused-ring (bicyclic) bond motifs is 3. The molecule has 0 N–H and O–H groups in total. The second-order valence-electron chi connectivity index (χ2n) is 8.45. The van der Waals surface area contributed by atoms with Crippen molar-refractivity contribution in [1.29, 1.82) is 0 Å². The van der Waals surface area contributed by atoms with Crippen LogP contribution >= 0.6 is 11.8 Å². The number of para-hydroxylation sites is 2. The molecule has 2 aromatic carbocycles. The van der Waals surface area contributed by atoms with Crippen LogP contribution in [0.1, 0.15) is 25.3 Å². The van der Waals surface area contributed by atoms with Crippen LogP contribution in [-0.4, -0.2) is 70.6 Å². The molecule has 0 bridgehead atoms. The lowest BCUT2D eigenvalue weighted by Crippen LogP contribution is -2.50. The Labute approximate surface area is 202 Å². The van der Waals surface area contributed by atoms with Gasteiger partial charge in [-0.1, -0.05) is 49.4 Å². The van der Waals surface area contributed by atoms with E-state index in [-0.39, 0.29) is 23.4 Å². The predicted octanol–water partition coefficient (Wildman–Crippen LogP) is 3.67. The molecule has 5 rings (SSSR count). The van der Waals surface area contributed by atoms with Crippen LogP contribution in [0, 0.1) is 5.82 Å². The number of carbonyl (C=O) groups excluding carboxylic acids is 2. The molecule has 2 aromatic rings. The van der Waals surface area contributed by atoms with Gasteiger partial charge in [-0.25, -0.2) is 14.3 Å². The molecule has 3 aliphatic rings. The first-order valence-corrected chi connectivity index (χ1v) is 12.5. The topological polar surface area (TPSA) is 68.6 Å². The molecule has 9 heteroatoms. The van der Waals surface area contributed by atoms with Crippen molar-refractivity contribution >= 4 is 46.0 Å².